The molecule has 0 saturated heterocycles. The molecule has 4 nitrogen and oxygen atoms in total. The summed E-state index contributed by atoms with van der Waals surface area (Å²) in [7, 11) is 0. The zero-order valence-corrected chi connectivity index (χ0v) is 15.6. The van der Waals surface area contributed by atoms with Gasteiger partial charge in [-0.3, -0.25) is 4.79 Å². The van der Waals surface area contributed by atoms with Crippen molar-refractivity contribution >= 4 is 17.6 Å². The van der Waals surface area contributed by atoms with E-state index in [2.05, 4.69) is 5.32 Å². The minimum Gasteiger partial charge on any atom is -0.449 e. The van der Waals surface area contributed by atoms with Gasteiger partial charge in [0.25, 0.3) is 5.91 Å². The molecular weight excluding hydrogens is 326 g/mol. The number of hydrogen-bond acceptors (Lipinski definition) is 3. The average Bonchev–Trinajstić information content (AvgIpc) is 2.63. The number of amides is 1. The summed E-state index contributed by atoms with van der Waals surface area (Å²) in [6.07, 6.45) is 3.56. The zero-order valence-electron chi connectivity index (χ0n) is 15.6. The number of carbonyl (C=O) groups is 2. The molecule has 3 rings (SSSR count). The Kier molecular flexibility index (Phi) is 5.40. The molecule has 1 N–H and O–H groups in total. The standard InChI is InChI=1S/C22H25NO3/c1-14-8-11-20(15(2)12-14)23-21(24)16(3)26-22(25)19-10-9-17-6-4-5-7-18(17)13-19/h8-13,16H,4-7H2,1-3H3,(H,23,24)/t16-/m1/s1. The van der Waals surface area contributed by atoms with Crippen molar-refractivity contribution in [3.63, 3.8) is 0 Å². The lowest BCUT2D eigenvalue weighted by atomic mass is 9.90. The highest BCUT2D eigenvalue weighted by Gasteiger charge is 2.20. The number of ether oxygens (including phenoxy) is 1. The van der Waals surface area contributed by atoms with E-state index in [1.165, 1.54) is 17.5 Å². The predicted octanol–water partition coefficient (Wildman–Crippen LogP) is 4.37. The highest BCUT2D eigenvalue weighted by Crippen LogP contribution is 2.23. The molecule has 1 amide bonds. The van der Waals surface area contributed by atoms with Gasteiger partial charge in [0.1, 0.15) is 0 Å². The molecule has 0 heterocycles. The first kappa shape index (κ1) is 18.2. The number of aryl methyl sites for hydroxylation is 4. The maximum atomic E-state index is 12.4. The Bertz CT molecular complexity index is 841. The van der Waals surface area contributed by atoms with Crippen LogP contribution in [0.2, 0.25) is 0 Å². The fraction of sp³-hybridized carbons (Fsp3) is 0.364. The Morgan fingerprint density at radius 1 is 1.00 bits per heavy atom. The van der Waals surface area contributed by atoms with Crippen LogP contribution in [0.3, 0.4) is 0 Å². The number of hydrogen-bond donors (Lipinski definition) is 1. The number of esters is 1. The summed E-state index contributed by atoms with van der Waals surface area (Å²) < 4.78 is 5.37. The van der Waals surface area contributed by atoms with Crippen LogP contribution in [0.25, 0.3) is 0 Å². The quantitative estimate of drug-likeness (QED) is 0.833. The summed E-state index contributed by atoms with van der Waals surface area (Å²) in [5.41, 5.74) is 5.89. The third kappa shape index (κ3) is 4.13. The highest BCUT2D eigenvalue weighted by molar-refractivity contribution is 5.97. The van der Waals surface area contributed by atoms with Crippen molar-refractivity contribution in [3.05, 3.63) is 64.2 Å². The Labute approximate surface area is 154 Å². The van der Waals surface area contributed by atoms with Gasteiger partial charge in [0.15, 0.2) is 6.10 Å². The third-order valence-electron chi connectivity index (χ3n) is 4.88. The van der Waals surface area contributed by atoms with Gasteiger partial charge < -0.3 is 10.1 Å². The molecule has 2 aromatic rings. The molecule has 1 atom stereocenters. The number of benzene rings is 2. The predicted molar refractivity (Wildman–Crippen MR) is 103 cm³/mol. The largest absolute Gasteiger partial charge is 0.449 e. The minimum atomic E-state index is -0.862. The summed E-state index contributed by atoms with van der Waals surface area (Å²) in [6, 6.07) is 11.5. The second-order valence-electron chi connectivity index (χ2n) is 7.05. The van der Waals surface area contributed by atoms with Crippen LogP contribution in [0.1, 0.15) is 52.4 Å². The van der Waals surface area contributed by atoms with Gasteiger partial charge in [-0.15, -0.1) is 0 Å². The van der Waals surface area contributed by atoms with E-state index < -0.39 is 12.1 Å². The number of anilines is 1. The number of fused-ring (bicyclic) bond motifs is 1. The molecule has 26 heavy (non-hydrogen) atoms. The molecule has 1 aliphatic rings. The normalized spacial score (nSPS) is 14.3. The Hall–Kier alpha value is -2.62. The molecule has 1 aliphatic carbocycles. The molecule has 2 aromatic carbocycles. The maximum Gasteiger partial charge on any atom is 0.338 e. The van der Waals surface area contributed by atoms with Crippen LogP contribution in [0, 0.1) is 13.8 Å². The number of nitrogens with one attached hydrogen (secondary N) is 1. The van der Waals surface area contributed by atoms with Gasteiger partial charge in [0.2, 0.25) is 0 Å². The SMILES string of the molecule is Cc1ccc(NC(=O)[C@@H](C)OC(=O)c2ccc3c(c2)CCCC3)c(C)c1. The van der Waals surface area contributed by atoms with Gasteiger partial charge >= 0.3 is 5.97 Å². The van der Waals surface area contributed by atoms with Crippen LogP contribution in [0.15, 0.2) is 36.4 Å². The van der Waals surface area contributed by atoms with Gasteiger partial charge in [-0.2, -0.15) is 0 Å². The topological polar surface area (TPSA) is 55.4 Å². The maximum absolute atomic E-state index is 12.4. The van der Waals surface area contributed by atoms with Gasteiger partial charge in [-0.05, 0) is 81.3 Å². The number of carbonyl (C=O) groups excluding carboxylic acids is 2. The molecule has 0 aromatic heterocycles. The van der Waals surface area contributed by atoms with E-state index in [0.29, 0.717) is 5.56 Å². The van der Waals surface area contributed by atoms with Crippen molar-refractivity contribution in [1.82, 2.24) is 0 Å². The molecule has 0 fully saturated rings. The molecular formula is C22H25NO3. The lowest BCUT2D eigenvalue weighted by Crippen LogP contribution is -2.30. The monoisotopic (exact) mass is 351 g/mol. The third-order valence-corrected chi connectivity index (χ3v) is 4.88. The molecule has 136 valence electrons. The van der Waals surface area contributed by atoms with Crippen molar-refractivity contribution in [2.75, 3.05) is 5.32 Å². The van der Waals surface area contributed by atoms with E-state index in [4.69, 9.17) is 4.74 Å². The fourth-order valence-electron chi connectivity index (χ4n) is 3.33. The van der Waals surface area contributed by atoms with Gasteiger partial charge in [0.05, 0.1) is 5.56 Å². The van der Waals surface area contributed by atoms with Crippen LogP contribution in [-0.4, -0.2) is 18.0 Å². The molecule has 4 heteroatoms. The Morgan fingerprint density at radius 2 is 1.73 bits per heavy atom. The minimum absolute atomic E-state index is 0.330. The van der Waals surface area contributed by atoms with Crippen LogP contribution in [0.4, 0.5) is 5.69 Å². The van der Waals surface area contributed by atoms with E-state index in [1.54, 1.807) is 13.0 Å². The van der Waals surface area contributed by atoms with Crippen molar-refractivity contribution in [3.8, 4) is 0 Å². The fourth-order valence-corrected chi connectivity index (χ4v) is 3.33. The van der Waals surface area contributed by atoms with Crippen LogP contribution in [0.5, 0.6) is 0 Å². The molecule has 0 saturated carbocycles. The molecule has 0 spiro atoms. The van der Waals surface area contributed by atoms with E-state index in [9.17, 15) is 9.59 Å². The van der Waals surface area contributed by atoms with Crippen LogP contribution in [-0.2, 0) is 22.4 Å². The van der Waals surface area contributed by atoms with E-state index in [-0.39, 0.29) is 5.91 Å². The lowest BCUT2D eigenvalue weighted by Gasteiger charge is -2.18. The second-order valence-corrected chi connectivity index (χ2v) is 7.05. The van der Waals surface area contributed by atoms with Crippen molar-refractivity contribution in [2.24, 2.45) is 0 Å². The van der Waals surface area contributed by atoms with Crippen LogP contribution >= 0.6 is 0 Å². The first-order chi connectivity index (χ1) is 12.4. The smallest absolute Gasteiger partial charge is 0.338 e. The second kappa shape index (κ2) is 7.73. The van der Waals surface area contributed by atoms with Gasteiger partial charge in [0, 0.05) is 5.69 Å². The van der Waals surface area contributed by atoms with E-state index in [1.807, 2.05) is 44.2 Å². The summed E-state index contributed by atoms with van der Waals surface area (Å²) in [5.74, 6) is -0.787. The lowest BCUT2D eigenvalue weighted by molar-refractivity contribution is -0.123. The summed E-state index contributed by atoms with van der Waals surface area (Å²) in [5, 5.41) is 2.83. The first-order valence-electron chi connectivity index (χ1n) is 9.15. The van der Waals surface area contributed by atoms with E-state index >= 15 is 0 Å². The first-order valence-corrected chi connectivity index (χ1v) is 9.15. The van der Waals surface area contributed by atoms with Gasteiger partial charge in [-0.25, -0.2) is 4.79 Å². The van der Waals surface area contributed by atoms with Crippen molar-refractivity contribution in [2.45, 2.75) is 52.6 Å². The summed E-state index contributed by atoms with van der Waals surface area (Å²) in [4.78, 5) is 24.8. The highest BCUT2D eigenvalue weighted by atomic mass is 16.5. The average molecular weight is 351 g/mol. The molecule has 0 unspecified atom stereocenters. The summed E-state index contributed by atoms with van der Waals surface area (Å²) in [6.45, 7) is 5.53. The molecule has 0 bridgehead atoms. The van der Waals surface area contributed by atoms with Crippen molar-refractivity contribution < 1.29 is 14.3 Å². The van der Waals surface area contributed by atoms with Crippen LogP contribution < -0.4 is 5.32 Å². The molecule has 0 aliphatic heterocycles. The zero-order chi connectivity index (χ0) is 18.7. The van der Waals surface area contributed by atoms with E-state index in [0.717, 1.165) is 36.1 Å². The van der Waals surface area contributed by atoms with Gasteiger partial charge in [-0.1, -0.05) is 23.8 Å². The Morgan fingerprint density at radius 3 is 2.46 bits per heavy atom. The molecule has 0 radical (unpaired) electrons. The van der Waals surface area contributed by atoms with Crippen molar-refractivity contribution in [1.29, 1.82) is 0 Å². The Balaban J connectivity index is 1.64. The number of rotatable bonds is 4. The summed E-state index contributed by atoms with van der Waals surface area (Å²) >= 11 is 0.